The molecule has 27 heteroatoms. The number of nitro benzene ring substituents is 2. The van der Waals surface area contributed by atoms with Crippen LogP contribution in [-0.2, 0) is 60.9 Å². The van der Waals surface area contributed by atoms with Crippen LogP contribution in [0.1, 0.15) is 51.7 Å². The van der Waals surface area contributed by atoms with Crippen LogP contribution in [0.25, 0.3) is 0 Å². The lowest BCUT2D eigenvalue weighted by atomic mass is 10.0. The van der Waals surface area contributed by atoms with Gasteiger partial charge in [-0.15, -0.1) is 9.42 Å². The van der Waals surface area contributed by atoms with Crippen molar-refractivity contribution in [2.75, 3.05) is 52.6 Å². The summed E-state index contributed by atoms with van der Waals surface area (Å²) in [5.74, 6) is -0.239. The van der Waals surface area contributed by atoms with E-state index in [1.165, 1.54) is 12.1 Å². The molecule has 77 heavy (non-hydrogen) atoms. The molecule has 7 atom stereocenters. The Morgan fingerprint density at radius 2 is 1.04 bits per heavy atom. The second-order valence-corrected chi connectivity index (χ2v) is 23.6. The molecule has 2 saturated heterocycles. The first-order chi connectivity index (χ1) is 36.5. The lowest BCUT2D eigenvalue weighted by Gasteiger charge is -2.30. The third-order valence-electron chi connectivity index (χ3n) is 11.9. The van der Waals surface area contributed by atoms with Gasteiger partial charge in [0.15, 0.2) is 6.10 Å². The number of sulfonamides is 2. The molecule has 0 saturated carbocycles. The standard InChI is InChI=1S/C25H32N3O10PS.C25H33N3O8S/c1-18(2)15-27(40(34,35)22-10-8-20(9-11-22)28(30)31)16-24(38-39(32)33)23(14-19-6-4-3-5-7-19)26-25(29)37-21-12-13-36-17-21;1-18(2)15-27(37(33,34)22-10-8-20(9-11-22)28(31)32)16-24(29)23(14-19-6-4-3-5-7-19)26-25(30)36-21-12-13-35-17-21/h3-11,18,21,23-24H,12-17H2,1-2H3,(H-,26,29,32,33);3-11,18,21,23-24,29H,12-17H2,1-2H3,(H,26,30)/p+1/t21?,23-,24+;21-,23-,24+/m00/s1. The zero-order valence-electron chi connectivity index (χ0n) is 43.0. The van der Waals surface area contributed by atoms with Gasteiger partial charge in [-0.2, -0.15) is 8.61 Å². The number of nitrogens with one attached hydrogen (secondary N) is 2. The Bertz CT molecular complexity index is 2770. The molecule has 2 fully saturated rings. The fourth-order valence-electron chi connectivity index (χ4n) is 8.20. The van der Waals surface area contributed by atoms with Crippen LogP contribution < -0.4 is 10.6 Å². The van der Waals surface area contributed by atoms with E-state index in [1.807, 2.05) is 44.2 Å². The number of benzene rings is 4. The maximum absolute atomic E-state index is 13.6. The Kier molecular flexibility index (Phi) is 23.8. The van der Waals surface area contributed by atoms with Crippen molar-refractivity contribution in [2.45, 2.75) is 99.7 Å². The summed E-state index contributed by atoms with van der Waals surface area (Å²) in [5.41, 5.74) is 1.09. The number of rotatable bonds is 26. The number of ether oxygens (including phenoxy) is 4. The lowest BCUT2D eigenvalue weighted by molar-refractivity contribution is -0.385. The summed E-state index contributed by atoms with van der Waals surface area (Å²) in [7, 11) is -11.5. The number of carbonyl (C=O) groups excluding carboxylic acids is 2. The van der Waals surface area contributed by atoms with E-state index in [0.717, 1.165) is 56.1 Å². The summed E-state index contributed by atoms with van der Waals surface area (Å²) in [6.45, 7) is 8.15. The average molecular weight is 1130 g/mol. The Labute approximate surface area is 448 Å². The van der Waals surface area contributed by atoms with Crippen molar-refractivity contribution in [3.05, 3.63) is 141 Å². The zero-order valence-corrected chi connectivity index (χ0v) is 45.5. The van der Waals surface area contributed by atoms with Crippen molar-refractivity contribution in [3.63, 3.8) is 0 Å². The van der Waals surface area contributed by atoms with Crippen LogP contribution in [0.3, 0.4) is 0 Å². The number of hydrogen-bond donors (Lipinski definition) is 4. The smallest absolute Gasteiger partial charge is 0.444 e. The lowest BCUT2D eigenvalue weighted by Crippen LogP contribution is -2.52. The van der Waals surface area contributed by atoms with Gasteiger partial charge in [0, 0.05) is 67.9 Å². The van der Waals surface area contributed by atoms with E-state index in [9.17, 15) is 61.2 Å². The topological polar surface area (TPSA) is 323 Å². The van der Waals surface area contributed by atoms with Crippen LogP contribution in [0.15, 0.2) is 119 Å². The first kappa shape index (κ1) is 61.8. The third kappa shape index (κ3) is 19.7. The monoisotopic (exact) mass is 1130 g/mol. The molecule has 2 aliphatic rings. The minimum atomic E-state index is -4.23. The number of amides is 2. The molecule has 2 heterocycles. The van der Waals surface area contributed by atoms with E-state index in [4.69, 9.17) is 23.5 Å². The Morgan fingerprint density at radius 1 is 0.649 bits per heavy atom. The molecule has 4 aromatic rings. The minimum absolute atomic E-state index is 0.00328. The fourth-order valence-corrected chi connectivity index (χ4v) is 11.9. The number of nitro groups is 2. The van der Waals surface area contributed by atoms with Gasteiger partial charge in [-0.1, -0.05) is 88.4 Å². The minimum Gasteiger partial charge on any atom is -0.444 e. The summed E-state index contributed by atoms with van der Waals surface area (Å²) in [6, 6.07) is 25.4. The molecule has 24 nitrogen and oxygen atoms in total. The highest BCUT2D eigenvalue weighted by molar-refractivity contribution is 7.89. The van der Waals surface area contributed by atoms with Gasteiger partial charge < -0.3 is 34.7 Å². The van der Waals surface area contributed by atoms with Crippen molar-refractivity contribution in [3.8, 4) is 0 Å². The number of aliphatic hydroxyl groups is 1. The molecule has 420 valence electrons. The fraction of sp³-hybridized carbons (Fsp3) is 0.480. The van der Waals surface area contributed by atoms with Crippen LogP contribution in [-0.4, -0.2) is 147 Å². The van der Waals surface area contributed by atoms with Crippen molar-refractivity contribution in [2.24, 2.45) is 11.8 Å². The molecule has 0 radical (unpaired) electrons. The molecule has 2 aliphatic heterocycles. The Morgan fingerprint density at radius 3 is 1.40 bits per heavy atom. The second-order valence-electron chi connectivity index (χ2n) is 19.0. The number of non-ortho nitro benzene ring substituents is 2. The van der Waals surface area contributed by atoms with Crippen LogP contribution in [0.5, 0.6) is 0 Å². The molecular formula is C50H66N6O18PS2+. The van der Waals surface area contributed by atoms with Gasteiger partial charge in [-0.25, -0.2) is 26.4 Å². The Balaban J connectivity index is 0.000000285. The van der Waals surface area contributed by atoms with Crippen molar-refractivity contribution < 1.29 is 74.3 Å². The SMILES string of the molecule is CC(C)CN(C[C@@H](O)[C@H](Cc1ccccc1)NC(=O)O[C@H]1CCOC1)S(=O)(=O)c1ccc([N+](=O)[O-])cc1.CC(C)CN(C[C@@H](O[P+](=O)O)[C@H](Cc1ccccc1)NC(=O)OC1CCOC1)S(=O)(=O)c1ccc([N+](=O)[O-])cc1. The number of hydrogen-bond acceptors (Lipinski definition) is 17. The van der Waals surface area contributed by atoms with Crippen LogP contribution in [0.4, 0.5) is 21.0 Å². The second kappa shape index (κ2) is 29.6. The van der Waals surface area contributed by atoms with Gasteiger partial charge in [-0.3, -0.25) is 20.2 Å². The summed E-state index contributed by atoms with van der Waals surface area (Å²) in [6.07, 6.45) is -3.42. The summed E-state index contributed by atoms with van der Waals surface area (Å²) in [5, 5.41) is 38.6. The third-order valence-corrected chi connectivity index (χ3v) is 16.1. The largest absolute Gasteiger partial charge is 0.695 e. The van der Waals surface area contributed by atoms with Gasteiger partial charge in [0.2, 0.25) is 20.0 Å². The highest BCUT2D eigenvalue weighted by Gasteiger charge is 2.39. The first-order valence-electron chi connectivity index (χ1n) is 24.7. The molecule has 2 amide bonds. The summed E-state index contributed by atoms with van der Waals surface area (Å²) in [4.78, 5) is 55.5. The first-order valence-corrected chi connectivity index (χ1v) is 28.7. The normalized spacial score (nSPS) is 17.5. The van der Waals surface area contributed by atoms with E-state index in [0.29, 0.717) is 32.7 Å². The molecule has 6 rings (SSSR count). The van der Waals surface area contributed by atoms with Gasteiger partial charge >= 0.3 is 20.4 Å². The van der Waals surface area contributed by atoms with E-state index < -0.39 is 87.3 Å². The van der Waals surface area contributed by atoms with E-state index >= 15 is 0 Å². The number of alkyl carbamates (subject to hydrolysis) is 2. The molecule has 0 aromatic heterocycles. The quantitative estimate of drug-likeness (QED) is 0.0312. The van der Waals surface area contributed by atoms with Crippen molar-refractivity contribution in [1.82, 2.24) is 19.2 Å². The Hall–Kier alpha value is -6.06. The summed E-state index contributed by atoms with van der Waals surface area (Å²) < 4.78 is 94.9. The molecule has 0 bridgehead atoms. The highest BCUT2D eigenvalue weighted by atomic mass is 32.2. The molecule has 0 spiro atoms. The predicted molar refractivity (Wildman–Crippen MR) is 280 cm³/mol. The highest BCUT2D eigenvalue weighted by Crippen LogP contribution is 2.28. The maximum atomic E-state index is 13.6. The van der Waals surface area contributed by atoms with Crippen LogP contribution in [0.2, 0.25) is 0 Å². The number of aliphatic hydroxyl groups excluding tert-OH is 1. The number of nitrogens with zero attached hydrogens (tertiary/aromatic N) is 4. The molecule has 4 N–H and O–H groups in total. The molecule has 4 aromatic carbocycles. The average Bonchev–Trinajstić information content (AvgIpc) is 4.11. The molecule has 2 unspecified atom stereocenters. The van der Waals surface area contributed by atoms with Crippen molar-refractivity contribution >= 4 is 51.9 Å². The van der Waals surface area contributed by atoms with E-state index in [-0.39, 0.29) is 78.2 Å². The van der Waals surface area contributed by atoms with Gasteiger partial charge in [-0.05, 0) is 60.1 Å². The molecule has 0 aliphatic carbocycles. The summed E-state index contributed by atoms with van der Waals surface area (Å²) >= 11 is 0. The van der Waals surface area contributed by atoms with E-state index in [1.54, 1.807) is 44.2 Å². The predicted octanol–water partition coefficient (Wildman–Crippen LogP) is 6.13. The van der Waals surface area contributed by atoms with Gasteiger partial charge in [0.1, 0.15) is 12.2 Å². The van der Waals surface area contributed by atoms with Crippen LogP contribution >= 0.6 is 8.25 Å². The van der Waals surface area contributed by atoms with Crippen molar-refractivity contribution in [1.29, 1.82) is 0 Å². The number of carbonyl (C=O) groups is 2. The van der Waals surface area contributed by atoms with Gasteiger partial charge in [0.05, 0.1) is 64.3 Å². The maximum Gasteiger partial charge on any atom is 0.695 e. The van der Waals surface area contributed by atoms with Crippen LogP contribution in [0, 0.1) is 32.1 Å². The van der Waals surface area contributed by atoms with Gasteiger partial charge in [0.25, 0.3) is 11.4 Å². The van der Waals surface area contributed by atoms with E-state index in [2.05, 4.69) is 10.6 Å². The molecular weight excluding hydrogens is 1070 g/mol. The zero-order chi connectivity index (χ0) is 56.3.